The molecule has 0 radical (unpaired) electrons. The summed E-state index contributed by atoms with van der Waals surface area (Å²) in [5.41, 5.74) is 2.38. The van der Waals surface area contributed by atoms with Gasteiger partial charge in [0.1, 0.15) is 0 Å². The molecular formula is C15H23N5O. The average molecular weight is 289 g/mol. The van der Waals surface area contributed by atoms with Crippen molar-refractivity contribution in [2.75, 3.05) is 20.2 Å². The molecule has 114 valence electrons. The van der Waals surface area contributed by atoms with Gasteiger partial charge in [-0.1, -0.05) is 5.21 Å². The predicted octanol–water partition coefficient (Wildman–Crippen LogP) is 1.25. The highest BCUT2D eigenvalue weighted by Crippen LogP contribution is 2.29. The topological polar surface area (TPSA) is 48.1 Å². The van der Waals surface area contributed by atoms with Crippen LogP contribution in [0.3, 0.4) is 0 Å². The zero-order valence-corrected chi connectivity index (χ0v) is 12.9. The van der Waals surface area contributed by atoms with Crippen LogP contribution in [0.5, 0.6) is 0 Å². The normalized spacial score (nSPS) is 23.0. The summed E-state index contributed by atoms with van der Waals surface area (Å²) in [6.07, 6.45) is 4.32. The maximum absolute atomic E-state index is 5.67. The smallest absolute Gasteiger partial charge is 0.0897 e. The summed E-state index contributed by atoms with van der Waals surface area (Å²) in [6, 6.07) is 4.31. The highest BCUT2D eigenvalue weighted by molar-refractivity contribution is 5.12. The molecule has 3 heterocycles. The van der Waals surface area contributed by atoms with Gasteiger partial charge in [0.15, 0.2) is 0 Å². The number of hydrogen-bond donors (Lipinski definition) is 0. The van der Waals surface area contributed by atoms with E-state index in [2.05, 4.69) is 45.0 Å². The van der Waals surface area contributed by atoms with Gasteiger partial charge in [0.2, 0.25) is 0 Å². The van der Waals surface area contributed by atoms with Crippen LogP contribution < -0.4 is 0 Å². The van der Waals surface area contributed by atoms with Crippen LogP contribution in [0.4, 0.5) is 0 Å². The van der Waals surface area contributed by atoms with Crippen molar-refractivity contribution in [3.63, 3.8) is 0 Å². The van der Waals surface area contributed by atoms with Crippen molar-refractivity contribution < 1.29 is 4.74 Å². The standard InChI is InChI=1S/C15H23N5O/c1-4-20-7-5-6-12(20)8-19-9-13(15(11-19)21-3)14-10-18(2)17-16-14/h5-7,10,13,15H,4,8-9,11H2,1-3H3/t13-,15+/m0/s1. The van der Waals surface area contributed by atoms with Gasteiger partial charge in [0.05, 0.1) is 11.8 Å². The molecule has 6 nitrogen and oxygen atoms in total. The fourth-order valence-corrected chi connectivity index (χ4v) is 3.17. The minimum absolute atomic E-state index is 0.187. The molecule has 1 saturated heterocycles. The van der Waals surface area contributed by atoms with Crippen molar-refractivity contribution in [2.45, 2.75) is 32.0 Å². The van der Waals surface area contributed by atoms with Gasteiger partial charge in [-0.05, 0) is 19.1 Å². The van der Waals surface area contributed by atoms with E-state index >= 15 is 0 Å². The third-order valence-corrected chi connectivity index (χ3v) is 4.29. The zero-order valence-electron chi connectivity index (χ0n) is 12.9. The van der Waals surface area contributed by atoms with Crippen molar-refractivity contribution in [2.24, 2.45) is 7.05 Å². The molecule has 0 bridgehead atoms. The van der Waals surface area contributed by atoms with E-state index in [4.69, 9.17) is 4.74 Å². The van der Waals surface area contributed by atoms with Crippen LogP contribution in [0.15, 0.2) is 24.5 Å². The summed E-state index contributed by atoms with van der Waals surface area (Å²) in [6.45, 7) is 6.04. The Bertz CT molecular complexity index is 590. The highest BCUT2D eigenvalue weighted by atomic mass is 16.5. The Morgan fingerprint density at radius 3 is 2.90 bits per heavy atom. The summed E-state index contributed by atoms with van der Waals surface area (Å²) >= 11 is 0. The Hall–Kier alpha value is -1.66. The van der Waals surface area contributed by atoms with Gasteiger partial charge in [-0.15, -0.1) is 5.10 Å². The van der Waals surface area contributed by atoms with Gasteiger partial charge >= 0.3 is 0 Å². The Morgan fingerprint density at radius 2 is 2.24 bits per heavy atom. The van der Waals surface area contributed by atoms with E-state index < -0.39 is 0 Å². The first-order chi connectivity index (χ1) is 10.2. The quantitative estimate of drug-likeness (QED) is 0.831. The van der Waals surface area contributed by atoms with Crippen molar-refractivity contribution in [3.8, 4) is 0 Å². The highest BCUT2D eigenvalue weighted by Gasteiger charge is 2.35. The molecule has 6 heteroatoms. The number of hydrogen-bond acceptors (Lipinski definition) is 4. The van der Waals surface area contributed by atoms with E-state index in [0.29, 0.717) is 5.92 Å². The summed E-state index contributed by atoms with van der Waals surface area (Å²) in [5, 5.41) is 8.31. The van der Waals surface area contributed by atoms with E-state index in [0.717, 1.165) is 31.9 Å². The minimum Gasteiger partial charge on any atom is -0.379 e. The van der Waals surface area contributed by atoms with Crippen LogP contribution in [-0.2, 0) is 24.9 Å². The maximum Gasteiger partial charge on any atom is 0.0897 e. The van der Waals surface area contributed by atoms with Crippen LogP contribution in [0.1, 0.15) is 24.2 Å². The minimum atomic E-state index is 0.187. The zero-order chi connectivity index (χ0) is 14.8. The van der Waals surface area contributed by atoms with Crippen LogP contribution in [0, 0.1) is 0 Å². The SMILES string of the molecule is CCn1cccc1CN1C[C@@H](OC)[C@H](c2cn(C)nn2)C1. The molecular weight excluding hydrogens is 266 g/mol. The summed E-state index contributed by atoms with van der Waals surface area (Å²) < 4.78 is 9.71. The summed E-state index contributed by atoms with van der Waals surface area (Å²) in [4.78, 5) is 2.44. The third kappa shape index (κ3) is 2.87. The third-order valence-electron chi connectivity index (χ3n) is 4.29. The number of aryl methyl sites for hydroxylation is 2. The lowest BCUT2D eigenvalue weighted by molar-refractivity contribution is 0.0955. The van der Waals surface area contributed by atoms with E-state index in [9.17, 15) is 0 Å². The van der Waals surface area contributed by atoms with Gasteiger partial charge in [0.25, 0.3) is 0 Å². The summed E-state index contributed by atoms with van der Waals surface area (Å²) in [5.74, 6) is 0.300. The van der Waals surface area contributed by atoms with Crippen LogP contribution in [0.2, 0.25) is 0 Å². The van der Waals surface area contributed by atoms with E-state index in [1.165, 1.54) is 5.69 Å². The van der Waals surface area contributed by atoms with Crippen molar-refractivity contribution in [3.05, 3.63) is 35.9 Å². The maximum atomic E-state index is 5.67. The van der Waals surface area contributed by atoms with E-state index in [1.807, 2.05) is 13.2 Å². The summed E-state index contributed by atoms with van der Waals surface area (Å²) in [7, 11) is 3.69. The molecule has 2 aromatic heterocycles. The van der Waals surface area contributed by atoms with Crippen LogP contribution >= 0.6 is 0 Å². The molecule has 3 rings (SSSR count). The first kappa shape index (κ1) is 14.3. The molecule has 0 aliphatic carbocycles. The molecule has 0 spiro atoms. The van der Waals surface area contributed by atoms with Crippen LogP contribution in [-0.4, -0.2) is 50.8 Å². The lowest BCUT2D eigenvalue weighted by Gasteiger charge is -2.16. The monoisotopic (exact) mass is 289 g/mol. The Balaban J connectivity index is 1.72. The second-order valence-corrected chi connectivity index (χ2v) is 5.68. The molecule has 0 amide bonds. The molecule has 2 atom stereocenters. The molecule has 0 N–H and O–H groups in total. The molecule has 1 fully saturated rings. The Labute approximate surface area is 125 Å². The molecule has 21 heavy (non-hydrogen) atoms. The number of methoxy groups -OCH3 is 1. The van der Waals surface area contributed by atoms with Crippen molar-refractivity contribution in [1.29, 1.82) is 0 Å². The number of likely N-dealkylation sites (tertiary alicyclic amines) is 1. The molecule has 2 aromatic rings. The average Bonchev–Trinajstić information content (AvgIpc) is 3.18. The molecule has 1 aliphatic rings. The number of aromatic nitrogens is 4. The van der Waals surface area contributed by atoms with E-state index in [1.54, 1.807) is 11.8 Å². The number of nitrogens with zero attached hydrogens (tertiary/aromatic N) is 5. The largest absolute Gasteiger partial charge is 0.379 e. The first-order valence-corrected chi connectivity index (χ1v) is 7.46. The van der Waals surface area contributed by atoms with Gasteiger partial charge < -0.3 is 9.30 Å². The predicted molar refractivity (Wildman–Crippen MR) is 79.9 cm³/mol. The lowest BCUT2D eigenvalue weighted by atomic mass is 10.0. The van der Waals surface area contributed by atoms with E-state index in [-0.39, 0.29) is 6.10 Å². The van der Waals surface area contributed by atoms with Gasteiger partial charge in [-0.25, -0.2) is 0 Å². The molecule has 1 aliphatic heterocycles. The number of ether oxygens (including phenoxy) is 1. The Morgan fingerprint density at radius 1 is 1.38 bits per heavy atom. The fraction of sp³-hybridized carbons (Fsp3) is 0.600. The fourth-order valence-electron chi connectivity index (χ4n) is 3.17. The van der Waals surface area contributed by atoms with Crippen molar-refractivity contribution >= 4 is 0 Å². The first-order valence-electron chi connectivity index (χ1n) is 7.46. The second kappa shape index (κ2) is 5.99. The second-order valence-electron chi connectivity index (χ2n) is 5.68. The van der Waals surface area contributed by atoms with Gasteiger partial charge in [-0.2, -0.15) is 0 Å². The Kier molecular flexibility index (Phi) is 4.07. The molecule has 0 unspecified atom stereocenters. The van der Waals surface area contributed by atoms with Gasteiger partial charge in [0, 0.05) is 64.3 Å². The molecule has 0 saturated carbocycles. The molecule has 0 aromatic carbocycles. The van der Waals surface area contributed by atoms with Crippen LogP contribution in [0.25, 0.3) is 0 Å². The number of rotatable bonds is 5. The van der Waals surface area contributed by atoms with Crippen molar-refractivity contribution in [1.82, 2.24) is 24.5 Å². The van der Waals surface area contributed by atoms with Gasteiger partial charge in [-0.3, -0.25) is 9.58 Å². The lowest BCUT2D eigenvalue weighted by Crippen LogP contribution is -2.23.